The summed E-state index contributed by atoms with van der Waals surface area (Å²) in [5, 5.41) is 2.74. The van der Waals surface area contributed by atoms with Gasteiger partial charge in [-0.1, -0.05) is 17.7 Å². The zero-order valence-corrected chi connectivity index (χ0v) is 7.42. The lowest BCUT2D eigenvalue weighted by Gasteiger charge is -2.01. The third-order valence-electron chi connectivity index (χ3n) is 1.65. The predicted molar refractivity (Wildman–Crippen MR) is 51.3 cm³/mol. The van der Waals surface area contributed by atoms with Gasteiger partial charge in [-0.15, -0.1) is 0 Å². The van der Waals surface area contributed by atoms with E-state index in [2.05, 4.69) is 5.32 Å². The molecule has 1 rings (SSSR count). The second-order valence-electron chi connectivity index (χ2n) is 2.73. The van der Waals surface area contributed by atoms with Gasteiger partial charge in [-0.05, 0) is 26.0 Å². The highest BCUT2D eigenvalue weighted by molar-refractivity contribution is 5.94. The molecule has 1 aromatic rings. The maximum atomic E-state index is 11.2. The van der Waals surface area contributed by atoms with Crippen LogP contribution in [0.25, 0.3) is 0 Å². The van der Waals surface area contributed by atoms with Gasteiger partial charge in [0.2, 0.25) is 0 Å². The van der Waals surface area contributed by atoms with E-state index in [0.29, 0.717) is 6.54 Å². The van der Waals surface area contributed by atoms with Crippen LogP contribution in [0.2, 0.25) is 0 Å². The van der Waals surface area contributed by atoms with Crippen molar-refractivity contribution in [3.05, 3.63) is 35.4 Å². The summed E-state index contributed by atoms with van der Waals surface area (Å²) >= 11 is 0. The highest BCUT2D eigenvalue weighted by Crippen LogP contribution is 2.02. The first-order chi connectivity index (χ1) is 5.74. The van der Waals surface area contributed by atoms with Crippen LogP contribution in [0.4, 0.5) is 0 Å². The van der Waals surface area contributed by atoms with Crippen molar-refractivity contribution in [2.45, 2.75) is 13.8 Å². The number of nitrogens with one attached hydrogen (secondary N) is 1. The van der Waals surface area contributed by atoms with Crippen molar-refractivity contribution in [3.63, 3.8) is 0 Å². The predicted octanol–water partition coefficient (Wildman–Crippen LogP) is 1.99. The van der Waals surface area contributed by atoms with Gasteiger partial charge in [-0.2, -0.15) is 0 Å². The van der Waals surface area contributed by atoms with Gasteiger partial charge >= 0.3 is 0 Å². The highest BCUT2D eigenvalue weighted by atomic mass is 16.1. The van der Waals surface area contributed by atoms with Crippen LogP contribution in [0.1, 0.15) is 24.3 Å². The molecule has 1 aromatic carbocycles. The van der Waals surface area contributed by atoms with Gasteiger partial charge in [-0.3, -0.25) is 4.79 Å². The maximum Gasteiger partial charge on any atom is 0.251 e. The van der Waals surface area contributed by atoms with Crippen LogP contribution in [-0.4, -0.2) is 12.5 Å². The van der Waals surface area contributed by atoms with E-state index in [0.717, 1.165) is 5.56 Å². The van der Waals surface area contributed by atoms with Crippen LogP contribution in [0.15, 0.2) is 24.3 Å². The molecule has 0 radical (unpaired) electrons. The van der Waals surface area contributed by atoms with E-state index in [1.165, 1.54) is 5.56 Å². The standard InChI is InChI=1S/C10H13NO.H2/c1-3-11-10(12)9-6-4-8(2)5-7-9;/h4-7H,3H2,1-2H3,(H,11,12);1H. The average molecular weight is 165 g/mol. The minimum atomic E-state index is -0.00231. The molecule has 1 amide bonds. The Morgan fingerprint density at radius 3 is 2.50 bits per heavy atom. The second-order valence-corrected chi connectivity index (χ2v) is 2.73. The Hall–Kier alpha value is -1.31. The van der Waals surface area contributed by atoms with Crippen LogP contribution < -0.4 is 5.32 Å². The van der Waals surface area contributed by atoms with Crippen LogP contribution in [0.5, 0.6) is 0 Å². The number of hydrogen-bond acceptors (Lipinski definition) is 1. The topological polar surface area (TPSA) is 29.1 Å². The van der Waals surface area contributed by atoms with Crippen molar-refractivity contribution in [3.8, 4) is 0 Å². The van der Waals surface area contributed by atoms with Crippen molar-refractivity contribution >= 4 is 5.91 Å². The van der Waals surface area contributed by atoms with Gasteiger partial charge in [0.15, 0.2) is 0 Å². The molecular weight excluding hydrogens is 150 g/mol. The van der Waals surface area contributed by atoms with E-state index in [9.17, 15) is 4.79 Å². The SMILES string of the molecule is CCNC(=O)c1ccc(C)cc1.[HH]. The summed E-state index contributed by atoms with van der Waals surface area (Å²) in [6, 6.07) is 7.54. The smallest absolute Gasteiger partial charge is 0.251 e. The average Bonchev–Trinajstić information content (AvgIpc) is 2.06. The van der Waals surface area contributed by atoms with Crippen LogP contribution in [0, 0.1) is 6.92 Å². The Balaban J connectivity index is 0.00000144. The lowest BCUT2D eigenvalue weighted by atomic mass is 10.1. The fourth-order valence-corrected chi connectivity index (χ4v) is 0.968. The molecule has 2 heteroatoms. The Morgan fingerprint density at radius 1 is 1.42 bits per heavy atom. The van der Waals surface area contributed by atoms with Crippen LogP contribution in [0.3, 0.4) is 0 Å². The second kappa shape index (κ2) is 3.90. The Kier molecular flexibility index (Phi) is 2.86. The molecule has 0 saturated heterocycles. The van der Waals surface area contributed by atoms with Gasteiger partial charge in [-0.25, -0.2) is 0 Å². The summed E-state index contributed by atoms with van der Waals surface area (Å²) in [7, 11) is 0. The molecule has 0 atom stereocenters. The van der Waals surface area contributed by atoms with Crippen molar-refractivity contribution in [1.29, 1.82) is 0 Å². The zero-order valence-electron chi connectivity index (χ0n) is 7.42. The number of carbonyl (C=O) groups is 1. The number of amides is 1. The first-order valence-electron chi connectivity index (χ1n) is 4.09. The summed E-state index contributed by atoms with van der Waals surface area (Å²) in [5.74, 6) is -0.00231. The van der Waals surface area contributed by atoms with Gasteiger partial charge < -0.3 is 5.32 Å². The Labute approximate surface area is 74.1 Å². The molecule has 0 spiro atoms. The van der Waals surface area contributed by atoms with Gasteiger partial charge in [0.25, 0.3) is 5.91 Å². The first kappa shape index (κ1) is 8.78. The minimum absolute atomic E-state index is 0. The van der Waals surface area contributed by atoms with Gasteiger partial charge in [0.05, 0.1) is 0 Å². The maximum absolute atomic E-state index is 11.2. The van der Waals surface area contributed by atoms with E-state index in [1.807, 2.05) is 38.1 Å². The Morgan fingerprint density at radius 2 is 2.00 bits per heavy atom. The molecule has 0 aliphatic heterocycles. The monoisotopic (exact) mass is 165 g/mol. The number of benzene rings is 1. The Bertz CT molecular complexity index is 269. The normalized spacial score (nSPS) is 9.50. The summed E-state index contributed by atoms with van der Waals surface area (Å²) in [4.78, 5) is 11.2. The third kappa shape index (κ3) is 2.09. The zero-order chi connectivity index (χ0) is 8.97. The van der Waals surface area contributed by atoms with E-state index >= 15 is 0 Å². The van der Waals surface area contributed by atoms with Crippen LogP contribution >= 0.6 is 0 Å². The van der Waals surface area contributed by atoms with Crippen molar-refractivity contribution in [2.75, 3.05) is 6.54 Å². The van der Waals surface area contributed by atoms with E-state index in [4.69, 9.17) is 0 Å². The van der Waals surface area contributed by atoms with E-state index in [-0.39, 0.29) is 7.33 Å². The molecule has 0 aromatic heterocycles. The first-order valence-corrected chi connectivity index (χ1v) is 4.09. The number of hydrogen-bond donors (Lipinski definition) is 1. The molecule has 0 aliphatic rings. The molecule has 0 unspecified atom stereocenters. The molecule has 2 nitrogen and oxygen atoms in total. The summed E-state index contributed by atoms with van der Waals surface area (Å²) in [6.45, 7) is 4.58. The molecule has 0 fully saturated rings. The molecular formula is C10H15NO. The molecule has 0 saturated carbocycles. The third-order valence-corrected chi connectivity index (χ3v) is 1.65. The van der Waals surface area contributed by atoms with Gasteiger partial charge in [0.1, 0.15) is 0 Å². The van der Waals surface area contributed by atoms with Gasteiger partial charge in [0, 0.05) is 13.5 Å². The fourth-order valence-electron chi connectivity index (χ4n) is 0.968. The van der Waals surface area contributed by atoms with E-state index < -0.39 is 0 Å². The lowest BCUT2D eigenvalue weighted by molar-refractivity contribution is 0.0956. The summed E-state index contributed by atoms with van der Waals surface area (Å²) in [6.07, 6.45) is 0. The van der Waals surface area contributed by atoms with Crippen molar-refractivity contribution in [1.82, 2.24) is 5.32 Å². The molecule has 0 bridgehead atoms. The summed E-state index contributed by atoms with van der Waals surface area (Å²) < 4.78 is 0. The largest absolute Gasteiger partial charge is 0.352 e. The quantitative estimate of drug-likeness (QED) is 0.713. The van der Waals surface area contributed by atoms with Crippen molar-refractivity contribution in [2.24, 2.45) is 0 Å². The van der Waals surface area contributed by atoms with E-state index in [1.54, 1.807) is 0 Å². The van der Waals surface area contributed by atoms with Crippen molar-refractivity contribution < 1.29 is 6.22 Å². The summed E-state index contributed by atoms with van der Waals surface area (Å²) in [5.41, 5.74) is 1.89. The number of carbonyl (C=O) groups excluding carboxylic acids is 1. The molecule has 12 heavy (non-hydrogen) atoms. The highest BCUT2D eigenvalue weighted by Gasteiger charge is 2.01. The molecule has 66 valence electrons. The number of aryl methyl sites for hydroxylation is 1. The van der Waals surface area contributed by atoms with Crippen LogP contribution in [-0.2, 0) is 0 Å². The fraction of sp³-hybridized carbons (Fsp3) is 0.300. The lowest BCUT2D eigenvalue weighted by Crippen LogP contribution is -2.22. The molecule has 0 heterocycles. The molecule has 0 aliphatic carbocycles. The molecule has 1 N–H and O–H groups in total. The minimum Gasteiger partial charge on any atom is -0.352 e. The number of rotatable bonds is 2.